The standard InChI is InChI=1S/C20H25ClN6O/c1-18(2)19(3)5-6-20(18,7-13(19)28)26-14-12(21)9-22-17-15(14)24-16(25-17)11-8-23-27(4)10-11/h8-10,13,28H,5-7H2,1-4H3,(H2,22,24,25,26). The van der Waals surface area contributed by atoms with Gasteiger partial charge < -0.3 is 15.4 Å². The molecule has 2 aliphatic carbocycles. The molecule has 28 heavy (non-hydrogen) atoms. The third kappa shape index (κ3) is 2.12. The molecule has 148 valence electrons. The lowest BCUT2D eigenvalue weighted by molar-refractivity contribution is 0.0125. The fourth-order valence-corrected chi connectivity index (χ4v) is 5.58. The molecular weight excluding hydrogens is 376 g/mol. The third-order valence-electron chi connectivity index (χ3n) is 7.79. The summed E-state index contributed by atoms with van der Waals surface area (Å²) >= 11 is 6.59. The van der Waals surface area contributed by atoms with E-state index in [0.29, 0.717) is 22.9 Å². The summed E-state index contributed by atoms with van der Waals surface area (Å²) in [5.41, 5.74) is 2.69. The van der Waals surface area contributed by atoms with Crippen molar-refractivity contribution in [1.82, 2.24) is 24.7 Å². The van der Waals surface area contributed by atoms with Crippen LogP contribution in [0.4, 0.5) is 5.69 Å². The minimum Gasteiger partial charge on any atom is -0.392 e. The molecule has 0 radical (unpaired) electrons. The van der Waals surface area contributed by atoms with Crippen LogP contribution in [0.15, 0.2) is 18.6 Å². The molecule has 0 amide bonds. The predicted octanol–water partition coefficient (Wildman–Crippen LogP) is 3.75. The number of anilines is 1. The summed E-state index contributed by atoms with van der Waals surface area (Å²) < 4.78 is 1.74. The normalized spacial score (nSPS) is 31.0. The van der Waals surface area contributed by atoms with Gasteiger partial charge in [-0.15, -0.1) is 0 Å². The van der Waals surface area contributed by atoms with Gasteiger partial charge in [-0.2, -0.15) is 5.10 Å². The average molecular weight is 401 g/mol. The number of rotatable bonds is 3. The first-order chi connectivity index (χ1) is 13.2. The van der Waals surface area contributed by atoms with Gasteiger partial charge in [-0.25, -0.2) is 9.97 Å². The van der Waals surface area contributed by atoms with Crippen molar-refractivity contribution in [3.8, 4) is 11.4 Å². The molecule has 3 heterocycles. The van der Waals surface area contributed by atoms with E-state index in [1.54, 1.807) is 17.1 Å². The number of hydrogen-bond acceptors (Lipinski definition) is 5. The van der Waals surface area contributed by atoms with Crippen molar-refractivity contribution in [2.75, 3.05) is 5.32 Å². The Morgan fingerprint density at radius 1 is 1.29 bits per heavy atom. The van der Waals surface area contributed by atoms with Crippen LogP contribution >= 0.6 is 11.6 Å². The highest BCUT2D eigenvalue weighted by molar-refractivity contribution is 6.34. The zero-order valence-corrected chi connectivity index (χ0v) is 17.3. The Bertz CT molecular complexity index is 1090. The van der Waals surface area contributed by atoms with E-state index in [9.17, 15) is 5.11 Å². The Balaban J connectivity index is 1.62. The zero-order valence-electron chi connectivity index (χ0n) is 16.5. The molecule has 3 aromatic heterocycles. The second-order valence-electron chi connectivity index (χ2n) is 9.14. The van der Waals surface area contributed by atoms with Gasteiger partial charge in [-0.1, -0.05) is 32.4 Å². The number of imidazole rings is 1. The molecule has 0 aliphatic heterocycles. The molecule has 3 unspecified atom stereocenters. The minimum atomic E-state index is -0.326. The quantitative estimate of drug-likeness (QED) is 0.622. The number of nitrogens with one attached hydrogen (secondary N) is 2. The monoisotopic (exact) mass is 400 g/mol. The topological polar surface area (TPSA) is 91.6 Å². The van der Waals surface area contributed by atoms with Crippen molar-refractivity contribution >= 4 is 28.5 Å². The largest absolute Gasteiger partial charge is 0.392 e. The summed E-state index contributed by atoms with van der Waals surface area (Å²) in [6.45, 7) is 6.71. The second kappa shape index (κ2) is 5.48. The van der Waals surface area contributed by atoms with Crippen LogP contribution in [-0.4, -0.2) is 41.5 Å². The molecule has 3 atom stereocenters. The lowest BCUT2D eigenvalue weighted by Crippen LogP contribution is -2.46. The SMILES string of the molecule is Cn1cc(-c2nc3ncc(Cl)c(NC45CCC(C)(C(O)C4)C5(C)C)c3[nH]2)cn1. The number of aryl methyl sites for hydroxylation is 1. The molecule has 2 bridgehead atoms. The number of pyridine rings is 1. The number of halogens is 1. The number of aliphatic hydroxyl groups is 1. The molecule has 8 heteroatoms. The van der Waals surface area contributed by atoms with Crippen LogP contribution in [0.3, 0.4) is 0 Å². The van der Waals surface area contributed by atoms with Crippen LogP contribution in [-0.2, 0) is 7.05 Å². The Kier molecular flexibility index (Phi) is 3.51. The van der Waals surface area contributed by atoms with Crippen molar-refractivity contribution in [3.63, 3.8) is 0 Å². The molecule has 2 saturated carbocycles. The van der Waals surface area contributed by atoms with Crippen molar-refractivity contribution in [2.24, 2.45) is 17.9 Å². The number of hydrogen-bond donors (Lipinski definition) is 3. The molecule has 0 spiro atoms. The fourth-order valence-electron chi connectivity index (χ4n) is 5.39. The van der Waals surface area contributed by atoms with Crippen molar-refractivity contribution < 1.29 is 5.11 Å². The summed E-state index contributed by atoms with van der Waals surface area (Å²) in [5, 5.41) is 19.3. The summed E-state index contributed by atoms with van der Waals surface area (Å²) in [7, 11) is 1.87. The van der Waals surface area contributed by atoms with Crippen LogP contribution in [0.2, 0.25) is 5.02 Å². The predicted molar refractivity (Wildman–Crippen MR) is 109 cm³/mol. The maximum atomic E-state index is 10.8. The van der Waals surface area contributed by atoms with E-state index < -0.39 is 0 Å². The van der Waals surface area contributed by atoms with Gasteiger partial charge in [-0.3, -0.25) is 4.68 Å². The maximum Gasteiger partial charge on any atom is 0.180 e. The molecule has 3 aromatic rings. The lowest BCUT2D eigenvalue weighted by atomic mass is 9.68. The van der Waals surface area contributed by atoms with Gasteiger partial charge >= 0.3 is 0 Å². The van der Waals surface area contributed by atoms with Gasteiger partial charge in [-0.05, 0) is 24.7 Å². The lowest BCUT2D eigenvalue weighted by Gasteiger charge is -2.42. The Labute approximate surface area is 168 Å². The number of aliphatic hydroxyl groups excluding tert-OH is 1. The van der Waals surface area contributed by atoms with E-state index in [4.69, 9.17) is 11.6 Å². The molecule has 3 N–H and O–H groups in total. The van der Waals surface area contributed by atoms with E-state index >= 15 is 0 Å². The van der Waals surface area contributed by atoms with Crippen LogP contribution in [0.1, 0.15) is 40.0 Å². The van der Waals surface area contributed by atoms with Crippen LogP contribution < -0.4 is 5.32 Å². The molecule has 2 aliphatic rings. The smallest absolute Gasteiger partial charge is 0.180 e. The van der Waals surface area contributed by atoms with E-state index in [-0.39, 0.29) is 22.5 Å². The van der Waals surface area contributed by atoms with Gasteiger partial charge in [0, 0.05) is 24.2 Å². The molecule has 0 aromatic carbocycles. The van der Waals surface area contributed by atoms with E-state index in [0.717, 1.165) is 29.6 Å². The highest BCUT2D eigenvalue weighted by atomic mass is 35.5. The van der Waals surface area contributed by atoms with Gasteiger partial charge in [0.15, 0.2) is 5.65 Å². The third-order valence-corrected chi connectivity index (χ3v) is 8.08. The number of aromatic amines is 1. The van der Waals surface area contributed by atoms with E-state index in [2.05, 4.69) is 46.1 Å². The van der Waals surface area contributed by atoms with Crippen LogP contribution in [0.25, 0.3) is 22.6 Å². The number of fused-ring (bicyclic) bond motifs is 3. The van der Waals surface area contributed by atoms with Crippen molar-refractivity contribution in [3.05, 3.63) is 23.6 Å². The molecule has 2 fully saturated rings. The van der Waals surface area contributed by atoms with Gasteiger partial charge in [0.1, 0.15) is 11.3 Å². The summed E-state index contributed by atoms with van der Waals surface area (Å²) in [6.07, 6.45) is 7.69. The first kappa shape index (κ1) is 17.9. The fraction of sp³-hybridized carbons (Fsp3) is 0.550. The number of aromatic nitrogens is 5. The van der Waals surface area contributed by atoms with Gasteiger partial charge in [0.25, 0.3) is 0 Å². The molecule has 7 nitrogen and oxygen atoms in total. The summed E-state index contributed by atoms with van der Waals surface area (Å²) in [5.74, 6) is 0.709. The number of H-pyrrole nitrogens is 1. The van der Waals surface area contributed by atoms with Crippen LogP contribution in [0.5, 0.6) is 0 Å². The highest BCUT2D eigenvalue weighted by Crippen LogP contribution is 2.68. The average Bonchev–Trinajstić information content (AvgIpc) is 3.33. The first-order valence-electron chi connectivity index (χ1n) is 9.66. The van der Waals surface area contributed by atoms with Gasteiger partial charge in [0.05, 0.1) is 34.8 Å². The maximum absolute atomic E-state index is 10.8. The van der Waals surface area contributed by atoms with E-state index in [1.807, 2.05) is 13.2 Å². The number of nitrogens with zero attached hydrogens (tertiary/aromatic N) is 4. The summed E-state index contributed by atoms with van der Waals surface area (Å²) in [4.78, 5) is 12.4. The molecule has 0 saturated heterocycles. The molecular formula is C20H25ClN6O. The van der Waals surface area contributed by atoms with Crippen LogP contribution in [0, 0.1) is 10.8 Å². The molecule has 5 rings (SSSR count). The second-order valence-corrected chi connectivity index (χ2v) is 9.54. The zero-order chi connectivity index (χ0) is 19.9. The van der Waals surface area contributed by atoms with Gasteiger partial charge in [0.2, 0.25) is 0 Å². The first-order valence-corrected chi connectivity index (χ1v) is 10.0. The van der Waals surface area contributed by atoms with Crippen molar-refractivity contribution in [2.45, 2.75) is 51.7 Å². The Morgan fingerprint density at radius 2 is 2.07 bits per heavy atom. The van der Waals surface area contributed by atoms with E-state index in [1.165, 1.54) is 0 Å². The highest BCUT2D eigenvalue weighted by Gasteiger charge is 2.69. The van der Waals surface area contributed by atoms with Crippen molar-refractivity contribution in [1.29, 1.82) is 0 Å². The minimum absolute atomic E-state index is 0.0788. The summed E-state index contributed by atoms with van der Waals surface area (Å²) in [6, 6.07) is 0. The Hall–Kier alpha value is -2.12. The Morgan fingerprint density at radius 3 is 2.68 bits per heavy atom.